The molecule has 0 saturated heterocycles. The molecule has 1 amide bonds. The molecule has 80 valence electrons. The van der Waals surface area contributed by atoms with Crippen molar-refractivity contribution in [2.24, 2.45) is 0 Å². The van der Waals surface area contributed by atoms with Crippen molar-refractivity contribution >= 4 is 5.91 Å². The van der Waals surface area contributed by atoms with Gasteiger partial charge in [0.25, 0.3) is 0 Å². The second kappa shape index (κ2) is 3.18. The molecule has 1 aliphatic heterocycles. The van der Waals surface area contributed by atoms with Gasteiger partial charge in [0.2, 0.25) is 5.91 Å². The summed E-state index contributed by atoms with van der Waals surface area (Å²) in [6.07, 6.45) is 3.06. The molecule has 0 atom stereocenters. The van der Waals surface area contributed by atoms with Crippen LogP contribution in [0.4, 0.5) is 0 Å². The van der Waals surface area contributed by atoms with Gasteiger partial charge in [-0.25, -0.2) is 4.68 Å². The van der Waals surface area contributed by atoms with E-state index in [0.29, 0.717) is 13.1 Å². The summed E-state index contributed by atoms with van der Waals surface area (Å²) >= 11 is 0. The SMILES string of the molecule is C=CC(=O)N1CCn2nncc2C1(C)C. The molecule has 1 aliphatic rings. The maximum absolute atomic E-state index is 11.7. The largest absolute Gasteiger partial charge is 0.327 e. The molecular weight excluding hydrogens is 192 g/mol. The van der Waals surface area contributed by atoms with E-state index >= 15 is 0 Å². The molecule has 15 heavy (non-hydrogen) atoms. The predicted octanol–water partition coefficient (Wildman–Crippen LogP) is 0.541. The summed E-state index contributed by atoms with van der Waals surface area (Å²) in [4.78, 5) is 13.5. The number of carbonyl (C=O) groups excluding carboxylic acids is 1. The first-order chi connectivity index (χ1) is 7.07. The van der Waals surface area contributed by atoms with Gasteiger partial charge in [-0.15, -0.1) is 5.10 Å². The molecule has 2 heterocycles. The molecule has 1 aromatic rings. The molecule has 0 N–H and O–H groups in total. The third-order valence-electron chi connectivity index (χ3n) is 2.90. The van der Waals surface area contributed by atoms with Crippen LogP contribution in [0, 0.1) is 0 Å². The molecular formula is C10H14N4O. The molecule has 0 aromatic carbocycles. The van der Waals surface area contributed by atoms with Crippen LogP contribution in [0.25, 0.3) is 0 Å². The molecule has 0 fully saturated rings. The van der Waals surface area contributed by atoms with Gasteiger partial charge in [0, 0.05) is 6.54 Å². The predicted molar refractivity (Wildman–Crippen MR) is 55.0 cm³/mol. The minimum atomic E-state index is -0.368. The van der Waals surface area contributed by atoms with Crippen LogP contribution in [-0.4, -0.2) is 32.3 Å². The van der Waals surface area contributed by atoms with Gasteiger partial charge < -0.3 is 4.90 Å². The normalized spacial score (nSPS) is 18.4. The minimum Gasteiger partial charge on any atom is -0.327 e. The molecule has 2 rings (SSSR count). The summed E-state index contributed by atoms with van der Waals surface area (Å²) in [6.45, 7) is 8.83. The zero-order valence-corrected chi connectivity index (χ0v) is 8.97. The maximum Gasteiger partial charge on any atom is 0.246 e. The van der Waals surface area contributed by atoms with Gasteiger partial charge in [0.05, 0.1) is 24.0 Å². The van der Waals surface area contributed by atoms with E-state index < -0.39 is 0 Å². The van der Waals surface area contributed by atoms with Gasteiger partial charge in [0.15, 0.2) is 0 Å². The molecule has 0 unspecified atom stereocenters. The fraction of sp³-hybridized carbons (Fsp3) is 0.500. The monoisotopic (exact) mass is 206 g/mol. The zero-order chi connectivity index (χ0) is 11.1. The fourth-order valence-electron chi connectivity index (χ4n) is 2.01. The van der Waals surface area contributed by atoms with Gasteiger partial charge >= 0.3 is 0 Å². The highest BCUT2D eigenvalue weighted by Crippen LogP contribution is 2.30. The zero-order valence-electron chi connectivity index (χ0n) is 8.97. The van der Waals surface area contributed by atoms with E-state index in [2.05, 4.69) is 16.9 Å². The Kier molecular flexibility index (Phi) is 2.10. The van der Waals surface area contributed by atoms with Gasteiger partial charge in [0.1, 0.15) is 0 Å². The van der Waals surface area contributed by atoms with E-state index in [1.54, 1.807) is 11.1 Å². The van der Waals surface area contributed by atoms with Gasteiger partial charge in [-0.1, -0.05) is 11.8 Å². The number of hydrogen-bond acceptors (Lipinski definition) is 3. The Balaban J connectivity index is 2.42. The van der Waals surface area contributed by atoms with E-state index in [9.17, 15) is 4.79 Å². The first-order valence-electron chi connectivity index (χ1n) is 4.90. The highest BCUT2D eigenvalue weighted by Gasteiger charge is 2.37. The quantitative estimate of drug-likeness (QED) is 0.630. The number of aromatic nitrogens is 3. The number of amides is 1. The van der Waals surface area contributed by atoms with Crippen molar-refractivity contribution in [2.45, 2.75) is 25.9 Å². The Morgan fingerprint density at radius 2 is 2.33 bits per heavy atom. The van der Waals surface area contributed by atoms with E-state index in [1.165, 1.54) is 6.08 Å². The Morgan fingerprint density at radius 3 is 3.00 bits per heavy atom. The first-order valence-corrected chi connectivity index (χ1v) is 4.90. The lowest BCUT2D eigenvalue weighted by Crippen LogP contribution is -2.51. The first kappa shape index (κ1) is 9.89. The van der Waals surface area contributed by atoms with Crippen LogP contribution in [0.3, 0.4) is 0 Å². The van der Waals surface area contributed by atoms with Gasteiger partial charge in [-0.2, -0.15) is 0 Å². The molecule has 1 aromatic heterocycles. The highest BCUT2D eigenvalue weighted by atomic mass is 16.2. The summed E-state index contributed by atoms with van der Waals surface area (Å²) in [5, 5.41) is 7.84. The number of nitrogens with zero attached hydrogens (tertiary/aromatic N) is 4. The third kappa shape index (κ3) is 1.35. The van der Waals surface area contributed by atoms with Crippen LogP contribution in [0.5, 0.6) is 0 Å². The standard InChI is InChI=1S/C10H14N4O/c1-4-9(15)13-5-6-14-8(7-11-12-14)10(13,2)3/h4,7H,1,5-6H2,2-3H3. The average molecular weight is 206 g/mol. The van der Waals surface area contributed by atoms with E-state index in [0.717, 1.165) is 5.69 Å². The molecule has 0 saturated carbocycles. The highest BCUT2D eigenvalue weighted by molar-refractivity contribution is 5.87. The number of carbonyl (C=O) groups is 1. The van der Waals surface area contributed by atoms with E-state index in [1.807, 2.05) is 18.5 Å². The maximum atomic E-state index is 11.7. The van der Waals surface area contributed by atoms with Crippen LogP contribution < -0.4 is 0 Å². The molecule has 0 spiro atoms. The van der Waals surface area contributed by atoms with Crippen molar-refractivity contribution in [3.05, 3.63) is 24.5 Å². The fourth-order valence-corrected chi connectivity index (χ4v) is 2.01. The van der Waals surface area contributed by atoms with Crippen LogP contribution in [0.15, 0.2) is 18.9 Å². The third-order valence-corrected chi connectivity index (χ3v) is 2.90. The number of hydrogen-bond donors (Lipinski definition) is 0. The summed E-state index contributed by atoms with van der Waals surface area (Å²) in [5.74, 6) is -0.0487. The molecule has 0 radical (unpaired) electrons. The molecule has 0 bridgehead atoms. The van der Waals surface area contributed by atoms with Crippen LogP contribution in [0.2, 0.25) is 0 Å². The Morgan fingerprint density at radius 1 is 1.60 bits per heavy atom. The smallest absolute Gasteiger partial charge is 0.246 e. The topological polar surface area (TPSA) is 51.0 Å². The Hall–Kier alpha value is -1.65. The average Bonchev–Trinajstić information content (AvgIpc) is 2.66. The van der Waals surface area contributed by atoms with Gasteiger partial charge in [-0.05, 0) is 19.9 Å². The number of fused-ring (bicyclic) bond motifs is 1. The van der Waals surface area contributed by atoms with Crippen molar-refractivity contribution in [1.29, 1.82) is 0 Å². The van der Waals surface area contributed by atoms with Crippen LogP contribution >= 0.6 is 0 Å². The van der Waals surface area contributed by atoms with Crippen LogP contribution in [-0.2, 0) is 16.9 Å². The lowest BCUT2D eigenvalue weighted by Gasteiger charge is -2.41. The summed E-state index contributed by atoms with van der Waals surface area (Å²) < 4.78 is 1.84. The van der Waals surface area contributed by atoms with Crippen molar-refractivity contribution in [3.8, 4) is 0 Å². The van der Waals surface area contributed by atoms with Crippen LogP contribution in [0.1, 0.15) is 19.5 Å². The second-order valence-corrected chi connectivity index (χ2v) is 4.10. The summed E-state index contributed by atoms with van der Waals surface area (Å²) in [6, 6.07) is 0. The second-order valence-electron chi connectivity index (χ2n) is 4.10. The molecule has 5 nitrogen and oxygen atoms in total. The number of rotatable bonds is 1. The van der Waals surface area contributed by atoms with E-state index in [4.69, 9.17) is 0 Å². The minimum absolute atomic E-state index is 0.0487. The Bertz CT molecular complexity index is 407. The molecule has 5 heteroatoms. The lowest BCUT2D eigenvalue weighted by molar-refractivity contribution is -0.133. The van der Waals surface area contributed by atoms with Crippen molar-refractivity contribution in [3.63, 3.8) is 0 Å². The van der Waals surface area contributed by atoms with Crippen molar-refractivity contribution < 1.29 is 4.79 Å². The van der Waals surface area contributed by atoms with Gasteiger partial charge in [-0.3, -0.25) is 4.79 Å². The van der Waals surface area contributed by atoms with Crippen molar-refractivity contribution in [1.82, 2.24) is 19.9 Å². The lowest BCUT2D eigenvalue weighted by atomic mass is 9.96. The van der Waals surface area contributed by atoms with Crippen molar-refractivity contribution in [2.75, 3.05) is 6.54 Å². The molecule has 0 aliphatic carbocycles. The summed E-state index contributed by atoms with van der Waals surface area (Å²) in [7, 11) is 0. The Labute approximate surface area is 88.4 Å². The summed E-state index contributed by atoms with van der Waals surface area (Å²) in [5.41, 5.74) is 0.594. The van der Waals surface area contributed by atoms with E-state index in [-0.39, 0.29) is 11.4 Å².